The molecule has 0 radical (unpaired) electrons. The molecule has 4 unspecified atom stereocenters. The number of amides is 3. The number of hydrogen-bond donors (Lipinski definition) is 5. The Morgan fingerprint density at radius 2 is 1.53 bits per heavy atom. The second-order valence-electron chi connectivity index (χ2n) is 9.86. The number of aromatic hydroxyl groups is 1. The molecule has 3 amide bonds. The van der Waals surface area contributed by atoms with Gasteiger partial charge in [0.15, 0.2) is 0 Å². The molecule has 202 valence electrons. The molecule has 2 aromatic rings. The Balaban J connectivity index is 1.48. The van der Waals surface area contributed by atoms with Crippen LogP contribution in [0.5, 0.6) is 5.75 Å². The Hall–Kier alpha value is -3.92. The molecule has 4 atom stereocenters. The van der Waals surface area contributed by atoms with Crippen LogP contribution >= 0.6 is 0 Å². The summed E-state index contributed by atoms with van der Waals surface area (Å²) in [5.74, 6) is -2.24. The largest absolute Gasteiger partial charge is 0.508 e. The van der Waals surface area contributed by atoms with Crippen LogP contribution < -0.4 is 16.0 Å². The summed E-state index contributed by atoms with van der Waals surface area (Å²) < 4.78 is 0. The Labute approximate surface area is 221 Å². The minimum Gasteiger partial charge on any atom is -0.508 e. The van der Waals surface area contributed by atoms with Crippen LogP contribution in [0.15, 0.2) is 54.6 Å². The standard InChI is InChI=1S/C28H34N4O6/c33-20-12-10-19(11-13-20)16-22(30-25(34)21-8-4-14-29-21)27(36)32-15-5-9-24(32)26(35)31-23(28(37)38)17-18-6-2-1-3-7-18/h1-3,6-7,10-13,21-24,29,33H,4-5,8-9,14-17H2,(H,30,34)(H,31,35)(H,37,38). The lowest BCUT2D eigenvalue weighted by Gasteiger charge is -2.30. The van der Waals surface area contributed by atoms with Gasteiger partial charge < -0.3 is 31.1 Å². The van der Waals surface area contributed by atoms with Crippen molar-refractivity contribution in [2.24, 2.45) is 0 Å². The molecule has 0 bridgehead atoms. The molecule has 2 aromatic carbocycles. The summed E-state index contributed by atoms with van der Waals surface area (Å²) in [4.78, 5) is 53.2. The van der Waals surface area contributed by atoms with Gasteiger partial charge in [-0.05, 0) is 55.5 Å². The van der Waals surface area contributed by atoms with Gasteiger partial charge in [-0.3, -0.25) is 14.4 Å². The predicted octanol–water partition coefficient (Wildman–Crippen LogP) is 0.975. The van der Waals surface area contributed by atoms with Gasteiger partial charge >= 0.3 is 5.97 Å². The van der Waals surface area contributed by atoms with Gasteiger partial charge in [-0.1, -0.05) is 42.5 Å². The topological polar surface area (TPSA) is 148 Å². The molecule has 38 heavy (non-hydrogen) atoms. The second kappa shape index (κ2) is 12.6. The fraction of sp³-hybridized carbons (Fsp3) is 0.429. The van der Waals surface area contributed by atoms with Crippen LogP contribution in [-0.2, 0) is 32.0 Å². The van der Waals surface area contributed by atoms with Crippen molar-refractivity contribution < 1.29 is 29.4 Å². The number of phenols is 1. The highest BCUT2D eigenvalue weighted by molar-refractivity contribution is 5.94. The van der Waals surface area contributed by atoms with Gasteiger partial charge in [-0.25, -0.2) is 4.79 Å². The van der Waals surface area contributed by atoms with E-state index in [1.807, 2.05) is 6.07 Å². The van der Waals surface area contributed by atoms with Crippen LogP contribution in [0, 0.1) is 0 Å². The first-order valence-corrected chi connectivity index (χ1v) is 13.0. The summed E-state index contributed by atoms with van der Waals surface area (Å²) in [6.45, 7) is 1.06. The molecular weight excluding hydrogens is 488 g/mol. The van der Waals surface area contributed by atoms with Gasteiger partial charge in [0, 0.05) is 19.4 Å². The number of nitrogens with one attached hydrogen (secondary N) is 3. The van der Waals surface area contributed by atoms with Crippen LogP contribution in [0.4, 0.5) is 0 Å². The third kappa shape index (κ3) is 6.89. The zero-order chi connectivity index (χ0) is 27.1. The predicted molar refractivity (Wildman–Crippen MR) is 139 cm³/mol. The number of nitrogens with zero attached hydrogens (tertiary/aromatic N) is 1. The van der Waals surface area contributed by atoms with Crippen molar-refractivity contribution in [1.29, 1.82) is 0 Å². The van der Waals surface area contributed by atoms with Crippen molar-refractivity contribution in [3.05, 3.63) is 65.7 Å². The molecule has 0 aromatic heterocycles. The number of aliphatic carboxylic acids is 1. The summed E-state index contributed by atoms with van der Waals surface area (Å²) in [6.07, 6.45) is 2.85. The Bertz CT molecular complexity index is 1130. The fourth-order valence-corrected chi connectivity index (χ4v) is 5.07. The second-order valence-corrected chi connectivity index (χ2v) is 9.86. The number of rotatable bonds is 10. The van der Waals surface area contributed by atoms with E-state index in [1.165, 1.54) is 17.0 Å². The molecule has 0 saturated carbocycles. The quantitative estimate of drug-likeness (QED) is 0.312. The van der Waals surface area contributed by atoms with E-state index in [-0.39, 0.29) is 30.5 Å². The van der Waals surface area contributed by atoms with Crippen molar-refractivity contribution in [2.75, 3.05) is 13.1 Å². The van der Waals surface area contributed by atoms with Crippen LogP contribution in [0.1, 0.15) is 36.8 Å². The molecule has 4 rings (SSSR count). The smallest absolute Gasteiger partial charge is 0.326 e. The average Bonchev–Trinajstić information content (AvgIpc) is 3.62. The zero-order valence-electron chi connectivity index (χ0n) is 21.1. The zero-order valence-corrected chi connectivity index (χ0v) is 21.1. The molecule has 10 nitrogen and oxygen atoms in total. The van der Waals surface area contributed by atoms with Gasteiger partial charge in [0.05, 0.1) is 6.04 Å². The minimum atomic E-state index is -1.15. The van der Waals surface area contributed by atoms with Crippen molar-refractivity contribution in [3.63, 3.8) is 0 Å². The first-order valence-electron chi connectivity index (χ1n) is 13.0. The Kier molecular flexibility index (Phi) is 8.96. The third-order valence-corrected chi connectivity index (χ3v) is 7.10. The van der Waals surface area contributed by atoms with E-state index in [2.05, 4.69) is 16.0 Å². The lowest BCUT2D eigenvalue weighted by Crippen LogP contribution is -2.57. The molecule has 2 heterocycles. The molecular formula is C28H34N4O6. The summed E-state index contributed by atoms with van der Waals surface area (Å²) >= 11 is 0. The summed E-state index contributed by atoms with van der Waals surface area (Å²) in [7, 11) is 0. The van der Waals surface area contributed by atoms with E-state index in [9.17, 15) is 29.4 Å². The Morgan fingerprint density at radius 3 is 2.18 bits per heavy atom. The van der Waals surface area contributed by atoms with Crippen LogP contribution in [0.25, 0.3) is 0 Å². The number of benzene rings is 2. The number of carboxylic acids is 1. The summed E-state index contributed by atoms with van der Waals surface area (Å²) in [5, 5.41) is 27.9. The maximum Gasteiger partial charge on any atom is 0.326 e. The number of likely N-dealkylation sites (tertiary alicyclic amines) is 1. The lowest BCUT2D eigenvalue weighted by atomic mass is 10.0. The number of carbonyl (C=O) groups is 4. The molecule has 2 aliphatic rings. The molecule has 0 spiro atoms. The van der Waals surface area contributed by atoms with E-state index >= 15 is 0 Å². The molecule has 5 N–H and O–H groups in total. The van der Waals surface area contributed by atoms with E-state index < -0.39 is 35.9 Å². The van der Waals surface area contributed by atoms with Gasteiger partial charge in [-0.2, -0.15) is 0 Å². The van der Waals surface area contributed by atoms with E-state index in [1.54, 1.807) is 36.4 Å². The number of carbonyl (C=O) groups excluding carboxylic acids is 3. The maximum atomic E-state index is 13.7. The van der Waals surface area contributed by atoms with Gasteiger partial charge in [0.25, 0.3) is 0 Å². The van der Waals surface area contributed by atoms with E-state index in [0.29, 0.717) is 25.8 Å². The van der Waals surface area contributed by atoms with Crippen LogP contribution in [0.2, 0.25) is 0 Å². The van der Waals surface area contributed by atoms with Gasteiger partial charge in [0.2, 0.25) is 17.7 Å². The number of carboxylic acid groups (broad SMARTS) is 1. The highest BCUT2D eigenvalue weighted by Crippen LogP contribution is 2.21. The van der Waals surface area contributed by atoms with Gasteiger partial charge in [-0.15, -0.1) is 0 Å². The van der Waals surface area contributed by atoms with Gasteiger partial charge in [0.1, 0.15) is 23.9 Å². The summed E-state index contributed by atoms with van der Waals surface area (Å²) in [5.41, 5.74) is 1.52. The fourth-order valence-electron chi connectivity index (χ4n) is 5.07. The van der Waals surface area contributed by atoms with E-state index in [4.69, 9.17) is 0 Å². The minimum absolute atomic E-state index is 0.0931. The highest BCUT2D eigenvalue weighted by atomic mass is 16.4. The lowest BCUT2D eigenvalue weighted by molar-refractivity contribution is -0.144. The van der Waals surface area contributed by atoms with Crippen molar-refractivity contribution in [3.8, 4) is 5.75 Å². The van der Waals surface area contributed by atoms with Crippen LogP contribution in [-0.4, -0.2) is 76.1 Å². The molecule has 2 fully saturated rings. The molecule has 10 heteroatoms. The monoisotopic (exact) mass is 522 g/mol. The van der Waals surface area contributed by atoms with Crippen molar-refractivity contribution >= 4 is 23.7 Å². The molecule has 2 aliphatic heterocycles. The number of phenolic OH excluding ortho intramolecular Hbond substituents is 1. The maximum absolute atomic E-state index is 13.7. The first-order chi connectivity index (χ1) is 18.3. The van der Waals surface area contributed by atoms with Crippen molar-refractivity contribution in [1.82, 2.24) is 20.9 Å². The number of hydrogen-bond acceptors (Lipinski definition) is 6. The Morgan fingerprint density at radius 1 is 0.868 bits per heavy atom. The molecule has 2 saturated heterocycles. The first kappa shape index (κ1) is 27.1. The summed E-state index contributed by atoms with van der Waals surface area (Å²) in [6, 6.07) is 12.2. The van der Waals surface area contributed by atoms with Crippen molar-refractivity contribution in [2.45, 2.75) is 62.7 Å². The average molecular weight is 523 g/mol. The SMILES string of the molecule is O=C(O)C(Cc1ccccc1)NC(=O)C1CCCN1C(=O)C(Cc1ccc(O)cc1)NC(=O)C1CCCN1. The van der Waals surface area contributed by atoms with E-state index in [0.717, 1.165) is 24.1 Å². The highest BCUT2D eigenvalue weighted by Gasteiger charge is 2.39. The van der Waals surface area contributed by atoms with Crippen LogP contribution in [0.3, 0.4) is 0 Å². The normalized spacial score (nSPS) is 20.5. The molecule has 0 aliphatic carbocycles. The third-order valence-electron chi connectivity index (χ3n) is 7.10.